The average Bonchev–Trinajstić information content (AvgIpc) is 3.75. The van der Waals surface area contributed by atoms with Crippen molar-refractivity contribution in [3.05, 3.63) is 0 Å². The SMILES string of the molecule is CCCCCCCCCCCOC(=O)CCCCN1CC(O)C[C@H]1C(=O)OCCCCCCCC(=O)OC(CCCCCCCC)(CCCCCCCC)OC(CCCCCCCC)CCCCCCCC. The number of carbonyl (C=O) groups is 3. The summed E-state index contributed by atoms with van der Waals surface area (Å²) in [7, 11) is 0. The number of rotatable bonds is 55. The van der Waals surface area contributed by atoms with Gasteiger partial charge in [-0.15, -0.1) is 0 Å². The zero-order chi connectivity index (χ0) is 52.4. The molecule has 1 unspecified atom stereocenters. The van der Waals surface area contributed by atoms with Crippen molar-refractivity contribution < 1.29 is 38.4 Å². The number of unbranched alkanes of at least 4 members (excludes halogenated alkanes) is 33. The maximum Gasteiger partial charge on any atom is 0.323 e. The van der Waals surface area contributed by atoms with Gasteiger partial charge in [-0.05, 0) is 64.3 Å². The van der Waals surface area contributed by atoms with E-state index >= 15 is 0 Å². The number of likely N-dealkylation sites (tertiary alicyclic amines) is 1. The second-order valence-corrected chi connectivity index (χ2v) is 22.4. The highest BCUT2D eigenvalue weighted by Gasteiger charge is 2.38. The van der Waals surface area contributed by atoms with E-state index in [1.54, 1.807) is 0 Å². The lowest BCUT2D eigenvalue weighted by molar-refractivity contribution is -0.259. The molecule has 1 aliphatic heterocycles. The number of hydrogen-bond donors (Lipinski definition) is 1. The molecule has 9 nitrogen and oxygen atoms in total. The van der Waals surface area contributed by atoms with Crippen molar-refractivity contribution in [2.45, 2.75) is 360 Å². The van der Waals surface area contributed by atoms with Gasteiger partial charge in [-0.1, -0.05) is 247 Å². The van der Waals surface area contributed by atoms with Gasteiger partial charge in [0.15, 0.2) is 0 Å². The smallest absolute Gasteiger partial charge is 0.323 e. The van der Waals surface area contributed by atoms with Crippen LogP contribution >= 0.6 is 0 Å². The Morgan fingerprint density at radius 3 is 1.31 bits per heavy atom. The van der Waals surface area contributed by atoms with E-state index in [9.17, 15) is 19.5 Å². The van der Waals surface area contributed by atoms with Crippen LogP contribution in [0.5, 0.6) is 0 Å². The largest absolute Gasteiger partial charge is 0.466 e. The first kappa shape index (κ1) is 68.3. The molecule has 0 bridgehead atoms. The second-order valence-electron chi connectivity index (χ2n) is 22.4. The number of hydrogen-bond acceptors (Lipinski definition) is 9. The van der Waals surface area contributed by atoms with Crippen LogP contribution in [0.15, 0.2) is 0 Å². The van der Waals surface area contributed by atoms with E-state index in [2.05, 4.69) is 34.6 Å². The molecule has 0 aromatic carbocycles. The topological polar surface area (TPSA) is 112 Å². The summed E-state index contributed by atoms with van der Waals surface area (Å²) in [5, 5.41) is 10.4. The minimum atomic E-state index is -0.837. The van der Waals surface area contributed by atoms with Crippen LogP contribution in [0.3, 0.4) is 0 Å². The summed E-state index contributed by atoms with van der Waals surface area (Å²) < 4.78 is 25.2. The Labute approximate surface area is 446 Å². The molecule has 9 heteroatoms. The second kappa shape index (κ2) is 50.1. The molecular weight excluding hydrogens is 899 g/mol. The van der Waals surface area contributed by atoms with Crippen LogP contribution in [-0.4, -0.2) is 78.3 Å². The molecule has 0 aliphatic carbocycles. The van der Waals surface area contributed by atoms with Crippen molar-refractivity contribution in [1.29, 1.82) is 0 Å². The highest BCUT2D eigenvalue weighted by Crippen LogP contribution is 2.34. The van der Waals surface area contributed by atoms with Gasteiger partial charge in [0, 0.05) is 38.6 Å². The van der Waals surface area contributed by atoms with E-state index < -0.39 is 17.9 Å². The average molecular weight is 1020 g/mol. The first-order chi connectivity index (χ1) is 35.2. The third-order valence-corrected chi connectivity index (χ3v) is 15.3. The molecule has 1 N–H and O–H groups in total. The fourth-order valence-electron chi connectivity index (χ4n) is 10.6. The van der Waals surface area contributed by atoms with Gasteiger partial charge in [0.2, 0.25) is 5.79 Å². The molecule has 0 amide bonds. The van der Waals surface area contributed by atoms with Gasteiger partial charge in [-0.2, -0.15) is 0 Å². The molecule has 72 heavy (non-hydrogen) atoms. The minimum absolute atomic E-state index is 0.105. The molecule has 0 saturated carbocycles. The summed E-state index contributed by atoms with van der Waals surface area (Å²) in [5.41, 5.74) is 0. The Bertz CT molecular complexity index is 1180. The van der Waals surface area contributed by atoms with Crippen LogP contribution in [0.25, 0.3) is 0 Å². The standard InChI is InChI=1S/C63H121NO8/c1-6-11-16-21-26-27-28-35-44-53-69-60(66)48-40-43-52-64-56-57(65)55-59(64)62(68)70-54-45-36-29-32-39-49-61(67)72-63(50-41-33-24-19-14-9-4,51-42-34-25-20-15-10-5)71-58(46-37-30-22-17-12-7-2)47-38-31-23-18-13-8-3/h57-59,65H,6-56H2,1-5H3/t57?,59-/m0/s1. The Balaban J connectivity index is 2.67. The third kappa shape index (κ3) is 39.7. The quantitative estimate of drug-likeness (QED) is 0.0275. The van der Waals surface area contributed by atoms with Crippen LogP contribution in [0.1, 0.15) is 336 Å². The van der Waals surface area contributed by atoms with Gasteiger partial charge in [-0.25, -0.2) is 0 Å². The van der Waals surface area contributed by atoms with E-state index in [-0.39, 0.29) is 24.0 Å². The van der Waals surface area contributed by atoms with Crippen molar-refractivity contribution in [2.75, 3.05) is 26.3 Å². The first-order valence-electron chi connectivity index (χ1n) is 31.9. The Morgan fingerprint density at radius 2 is 0.833 bits per heavy atom. The predicted octanol–water partition coefficient (Wildman–Crippen LogP) is 18.2. The number of esters is 3. The summed E-state index contributed by atoms with van der Waals surface area (Å²) in [5.74, 6) is -1.34. The minimum Gasteiger partial charge on any atom is -0.466 e. The lowest BCUT2D eigenvalue weighted by atomic mass is 9.97. The van der Waals surface area contributed by atoms with Crippen LogP contribution < -0.4 is 0 Å². The molecule has 1 rings (SSSR count). The molecule has 2 atom stereocenters. The van der Waals surface area contributed by atoms with Gasteiger partial charge in [-0.3, -0.25) is 19.3 Å². The summed E-state index contributed by atoms with van der Waals surface area (Å²) in [6.45, 7) is 13.3. The Morgan fingerprint density at radius 1 is 0.458 bits per heavy atom. The molecule has 0 spiro atoms. The van der Waals surface area contributed by atoms with Gasteiger partial charge in [0.25, 0.3) is 0 Å². The Kier molecular flexibility index (Phi) is 47.6. The number of ether oxygens (including phenoxy) is 4. The lowest BCUT2D eigenvalue weighted by Crippen LogP contribution is -2.42. The highest BCUT2D eigenvalue weighted by atomic mass is 16.7. The molecule has 0 aromatic rings. The van der Waals surface area contributed by atoms with Gasteiger partial charge in [0.05, 0.1) is 25.4 Å². The first-order valence-corrected chi connectivity index (χ1v) is 31.9. The molecule has 1 aliphatic rings. The molecule has 1 fully saturated rings. The molecule has 426 valence electrons. The monoisotopic (exact) mass is 1020 g/mol. The fourth-order valence-corrected chi connectivity index (χ4v) is 10.6. The lowest BCUT2D eigenvalue weighted by Gasteiger charge is -2.37. The number of aliphatic hydroxyl groups is 1. The number of aliphatic hydroxyl groups excluding tert-OH is 1. The van der Waals surface area contributed by atoms with Crippen molar-refractivity contribution in [3.8, 4) is 0 Å². The van der Waals surface area contributed by atoms with Crippen molar-refractivity contribution in [1.82, 2.24) is 4.90 Å². The van der Waals surface area contributed by atoms with E-state index in [0.29, 0.717) is 52.0 Å². The van der Waals surface area contributed by atoms with Crippen molar-refractivity contribution >= 4 is 17.9 Å². The third-order valence-electron chi connectivity index (χ3n) is 15.3. The number of β-amino-alcohol motifs (C(OH)–C–C–N with tert-alkyl or cyclic N) is 1. The summed E-state index contributed by atoms with van der Waals surface area (Å²) in [6, 6.07) is -0.441. The van der Waals surface area contributed by atoms with Crippen molar-refractivity contribution in [3.63, 3.8) is 0 Å². The molecule has 1 heterocycles. The molecule has 1 saturated heterocycles. The summed E-state index contributed by atoms with van der Waals surface area (Å²) >= 11 is 0. The van der Waals surface area contributed by atoms with Gasteiger partial charge in [0.1, 0.15) is 6.04 Å². The van der Waals surface area contributed by atoms with Crippen LogP contribution in [0, 0.1) is 0 Å². The van der Waals surface area contributed by atoms with Crippen LogP contribution in [0.2, 0.25) is 0 Å². The van der Waals surface area contributed by atoms with Gasteiger partial charge < -0.3 is 24.1 Å². The number of carbonyl (C=O) groups excluding carboxylic acids is 3. The van der Waals surface area contributed by atoms with Gasteiger partial charge >= 0.3 is 17.9 Å². The van der Waals surface area contributed by atoms with E-state index in [1.165, 1.54) is 173 Å². The normalized spacial score (nSPS) is 15.2. The van der Waals surface area contributed by atoms with Crippen LogP contribution in [-0.2, 0) is 33.3 Å². The highest BCUT2D eigenvalue weighted by molar-refractivity contribution is 5.76. The molecule has 0 aromatic heterocycles. The maximum absolute atomic E-state index is 13.9. The molecular formula is C63H121NO8. The van der Waals surface area contributed by atoms with E-state index in [1.807, 2.05) is 4.90 Å². The summed E-state index contributed by atoms with van der Waals surface area (Å²) in [6.07, 6.45) is 51.2. The molecule has 0 radical (unpaired) electrons. The maximum atomic E-state index is 13.9. The Hall–Kier alpha value is -1.71. The van der Waals surface area contributed by atoms with E-state index in [0.717, 1.165) is 103 Å². The van der Waals surface area contributed by atoms with Crippen molar-refractivity contribution in [2.24, 2.45) is 0 Å². The zero-order valence-electron chi connectivity index (χ0n) is 48.5. The van der Waals surface area contributed by atoms with E-state index in [4.69, 9.17) is 18.9 Å². The summed E-state index contributed by atoms with van der Waals surface area (Å²) in [4.78, 5) is 41.4. The van der Waals surface area contributed by atoms with Crippen LogP contribution in [0.4, 0.5) is 0 Å². The number of nitrogens with zero attached hydrogens (tertiary/aromatic N) is 1. The zero-order valence-corrected chi connectivity index (χ0v) is 48.5. The predicted molar refractivity (Wildman–Crippen MR) is 302 cm³/mol. The fraction of sp³-hybridized carbons (Fsp3) is 0.952.